The van der Waals surface area contributed by atoms with Crippen LogP contribution >= 0.6 is 0 Å². The van der Waals surface area contributed by atoms with Gasteiger partial charge in [0.05, 0.1) is 26.0 Å². The number of amides is 2. The minimum absolute atomic E-state index is 0.0193. The number of carboxylic acid groups (broad SMARTS) is 1. The number of guanidine groups is 1. The Bertz CT molecular complexity index is 1650. The van der Waals surface area contributed by atoms with Gasteiger partial charge in [0.1, 0.15) is 23.9 Å². The molecule has 0 saturated carbocycles. The SMILES string of the molecule is COc1ccc(/C=C2/C(Cc3ccc(OCc4ccccc4)cc3)N(C)/C(=N\C(=O)c3ccc(OC)cc3)N2C(=O)O)cc1. The van der Waals surface area contributed by atoms with E-state index in [0.29, 0.717) is 35.8 Å². The number of carbonyl (C=O) groups is 2. The summed E-state index contributed by atoms with van der Waals surface area (Å²) in [5, 5.41) is 10.4. The lowest BCUT2D eigenvalue weighted by Crippen LogP contribution is -2.36. The van der Waals surface area contributed by atoms with Gasteiger partial charge in [0, 0.05) is 12.6 Å². The van der Waals surface area contributed by atoms with Crippen molar-refractivity contribution < 1.29 is 28.9 Å². The molecule has 1 unspecified atom stereocenters. The Hall–Kier alpha value is -5.57. The molecule has 1 saturated heterocycles. The van der Waals surface area contributed by atoms with Crippen molar-refractivity contribution in [3.05, 3.63) is 131 Å². The second-order valence-corrected chi connectivity index (χ2v) is 10.2. The van der Waals surface area contributed by atoms with Crippen molar-refractivity contribution in [2.45, 2.75) is 19.1 Å². The lowest BCUT2D eigenvalue weighted by atomic mass is 10.0. The fourth-order valence-electron chi connectivity index (χ4n) is 4.93. The minimum atomic E-state index is -1.25. The molecule has 4 aromatic carbocycles. The van der Waals surface area contributed by atoms with E-state index in [0.717, 1.165) is 27.3 Å². The monoisotopic (exact) mass is 591 g/mol. The van der Waals surface area contributed by atoms with Gasteiger partial charge in [-0.25, -0.2) is 9.69 Å². The fraction of sp³-hybridized carbons (Fsp3) is 0.171. The van der Waals surface area contributed by atoms with Gasteiger partial charge in [-0.1, -0.05) is 54.6 Å². The maximum absolute atomic E-state index is 13.2. The van der Waals surface area contributed by atoms with Gasteiger partial charge < -0.3 is 24.2 Å². The van der Waals surface area contributed by atoms with Crippen LogP contribution in [0.2, 0.25) is 0 Å². The first kappa shape index (κ1) is 29.9. The zero-order valence-corrected chi connectivity index (χ0v) is 24.7. The number of hydrogen-bond acceptors (Lipinski definition) is 5. The number of benzene rings is 4. The molecule has 0 aliphatic carbocycles. The van der Waals surface area contributed by atoms with E-state index in [1.54, 1.807) is 49.4 Å². The Balaban J connectivity index is 1.46. The standard InChI is InChI=1S/C35H33N3O6/c1-37-31(21-24-11-17-30(18-12-24)44-23-26-7-5-4-6-8-26)32(22-25-9-15-28(42-2)16-10-25)38(35(40)41)34(37)36-33(39)27-13-19-29(43-3)20-14-27/h4-20,22,31H,21,23H2,1-3H3,(H,40,41)/b32-22-,36-34+. The van der Waals surface area contributed by atoms with E-state index in [4.69, 9.17) is 14.2 Å². The van der Waals surface area contributed by atoms with E-state index >= 15 is 0 Å². The molecule has 4 aromatic rings. The summed E-state index contributed by atoms with van der Waals surface area (Å²) < 4.78 is 16.4. The van der Waals surface area contributed by atoms with Crippen molar-refractivity contribution in [2.75, 3.05) is 21.3 Å². The summed E-state index contributed by atoms with van der Waals surface area (Å²) in [4.78, 5) is 33.0. The maximum Gasteiger partial charge on any atom is 0.418 e. The smallest absolute Gasteiger partial charge is 0.418 e. The Morgan fingerprint density at radius 1 is 0.795 bits per heavy atom. The molecule has 1 atom stereocenters. The number of carbonyl (C=O) groups excluding carboxylic acids is 1. The molecule has 1 fully saturated rings. The normalized spacial score (nSPS) is 16.3. The molecule has 1 heterocycles. The number of hydrogen-bond donors (Lipinski definition) is 1. The van der Waals surface area contributed by atoms with Crippen LogP contribution in [0.25, 0.3) is 6.08 Å². The van der Waals surface area contributed by atoms with Crippen LogP contribution in [0.15, 0.2) is 114 Å². The summed E-state index contributed by atoms with van der Waals surface area (Å²) >= 11 is 0. The molecule has 2 amide bonds. The Labute approximate surface area is 256 Å². The quantitative estimate of drug-likeness (QED) is 0.242. The Kier molecular flexibility index (Phi) is 9.25. The van der Waals surface area contributed by atoms with E-state index in [2.05, 4.69) is 4.99 Å². The molecule has 5 rings (SSSR count). The summed E-state index contributed by atoms with van der Waals surface area (Å²) in [6, 6.07) is 31.0. The molecular weight excluding hydrogens is 558 g/mol. The van der Waals surface area contributed by atoms with Crippen molar-refractivity contribution >= 4 is 24.0 Å². The highest BCUT2D eigenvalue weighted by Crippen LogP contribution is 2.31. The van der Waals surface area contributed by atoms with Crippen molar-refractivity contribution in [2.24, 2.45) is 4.99 Å². The van der Waals surface area contributed by atoms with Crippen LogP contribution in [0.3, 0.4) is 0 Å². The van der Waals surface area contributed by atoms with Crippen LogP contribution in [-0.2, 0) is 13.0 Å². The molecule has 0 spiro atoms. The number of nitrogens with zero attached hydrogens (tertiary/aromatic N) is 3. The first-order valence-electron chi connectivity index (χ1n) is 14.0. The van der Waals surface area contributed by atoms with Crippen LogP contribution in [0.4, 0.5) is 4.79 Å². The van der Waals surface area contributed by atoms with Crippen LogP contribution in [0, 0.1) is 0 Å². The molecule has 1 aliphatic heterocycles. The van der Waals surface area contributed by atoms with Crippen molar-refractivity contribution in [1.29, 1.82) is 0 Å². The van der Waals surface area contributed by atoms with Crippen molar-refractivity contribution in [1.82, 2.24) is 9.80 Å². The number of aliphatic imine (C=N–C) groups is 1. The molecule has 0 aromatic heterocycles. The molecule has 44 heavy (non-hydrogen) atoms. The second kappa shape index (κ2) is 13.6. The number of rotatable bonds is 9. The van der Waals surface area contributed by atoms with Crippen LogP contribution in [-0.4, -0.2) is 60.2 Å². The van der Waals surface area contributed by atoms with Gasteiger partial charge in [0.2, 0.25) is 5.96 Å². The summed E-state index contributed by atoms with van der Waals surface area (Å²) in [5.41, 5.74) is 3.59. The summed E-state index contributed by atoms with van der Waals surface area (Å²) in [5.74, 6) is 1.46. The summed E-state index contributed by atoms with van der Waals surface area (Å²) in [7, 11) is 4.87. The molecule has 224 valence electrons. The molecule has 0 radical (unpaired) electrons. The number of likely N-dealkylation sites (N-methyl/N-ethyl adjacent to an activating group) is 1. The van der Waals surface area contributed by atoms with Gasteiger partial charge in [-0.05, 0) is 77.7 Å². The third kappa shape index (κ3) is 6.90. The lowest BCUT2D eigenvalue weighted by molar-refractivity contribution is 0.100. The van der Waals surface area contributed by atoms with Crippen LogP contribution in [0.5, 0.6) is 17.2 Å². The largest absolute Gasteiger partial charge is 0.497 e. The summed E-state index contributed by atoms with van der Waals surface area (Å²) in [6.07, 6.45) is 1.01. The number of methoxy groups -OCH3 is 2. The Morgan fingerprint density at radius 2 is 1.39 bits per heavy atom. The molecule has 1 aliphatic rings. The molecule has 1 N–H and O–H groups in total. The molecular formula is C35H33N3O6. The first-order valence-corrected chi connectivity index (χ1v) is 14.0. The van der Waals surface area contributed by atoms with Gasteiger partial charge in [-0.15, -0.1) is 0 Å². The van der Waals surface area contributed by atoms with Crippen molar-refractivity contribution in [3.63, 3.8) is 0 Å². The van der Waals surface area contributed by atoms with E-state index in [-0.39, 0.29) is 5.96 Å². The topological polar surface area (TPSA) is 101 Å². The fourth-order valence-corrected chi connectivity index (χ4v) is 4.93. The highest BCUT2D eigenvalue weighted by Gasteiger charge is 2.42. The maximum atomic E-state index is 13.2. The molecule has 9 nitrogen and oxygen atoms in total. The van der Waals surface area contributed by atoms with Gasteiger partial charge in [-0.2, -0.15) is 4.99 Å². The third-order valence-corrected chi connectivity index (χ3v) is 7.34. The third-order valence-electron chi connectivity index (χ3n) is 7.34. The second-order valence-electron chi connectivity index (χ2n) is 10.2. The predicted molar refractivity (Wildman–Crippen MR) is 168 cm³/mol. The zero-order valence-electron chi connectivity index (χ0n) is 24.7. The Morgan fingerprint density at radius 3 is 1.98 bits per heavy atom. The van der Waals surface area contributed by atoms with Gasteiger partial charge in [-0.3, -0.25) is 4.79 Å². The van der Waals surface area contributed by atoms with Gasteiger partial charge in [0.25, 0.3) is 5.91 Å². The van der Waals surface area contributed by atoms with Crippen LogP contribution in [0.1, 0.15) is 27.0 Å². The highest BCUT2D eigenvalue weighted by molar-refractivity contribution is 6.08. The van der Waals surface area contributed by atoms with Gasteiger partial charge in [0.15, 0.2) is 0 Å². The molecule has 0 bridgehead atoms. The van der Waals surface area contributed by atoms with E-state index in [9.17, 15) is 14.7 Å². The predicted octanol–water partition coefficient (Wildman–Crippen LogP) is 6.36. The minimum Gasteiger partial charge on any atom is -0.497 e. The lowest BCUT2D eigenvalue weighted by Gasteiger charge is -2.20. The van der Waals surface area contributed by atoms with Crippen LogP contribution < -0.4 is 14.2 Å². The highest BCUT2D eigenvalue weighted by atomic mass is 16.5. The average molecular weight is 592 g/mol. The zero-order chi connectivity index (χ0) is 31.1. The average Bonchev–Trinajstić information content (AvgIpc) is 3.30. The van der Waals surface area contributed by atoms with E-state index in [1.807, 2.05) is 78.9 Å². The first-order chi connectivity index (χ1) is 21.4. The summed E-state index contributed by atoms with van der Waals surface area (Å²) in [6.45, 7) is 0.454. The van der Waals surface area contributed by atoms with E-state index in [1.165, 1.54) is 7.11 Å². The molecule has 9 heteroatoms. The van der Waals surface area contributed by atoms with E-state index < -0.39 is 18.0 Å². The van der Waals surface area contributed by atoms with Gasteiger partial charge >= 0.3 is 6.09 Å². The van der Waals surface area contributed by atoms with Crippen molar-refractivity contribution in [3.8, 4) is 17.2 Å². The number of ether oxygens (including phenoxy) is 3.